The van der Waals surface area contributed by atoms with Gasteiger partial charge in [0.15, 0.2) is 5.43 Å². The molecule has 0 fully saturated rings. The summed E-state index contributed by atoms with van der Waals surface area (Å²) < 4.78 is 19.2. The molecule has 0 spiro atoms. The highest BCUT2D eigenvalue weighted by atomic mass is 19.1. The Morgan fingerprint density at radius 1 is 0.967 bits per heavy atom. The van der Waals surface area contributed by atoms with Crippen molar-refractivity contribution in [3.05, 3.63) is 111 Å². The summed E-state index contributed by atoms with van der Waals surface area (Å²) in [6.07, 6.45) is 0. The van der Waals surface area contributed by atoms with Crippen molar-refractivity contribution >= 4 is 16.9 Å². The van der Waals surface area contributed by atoms with Crippen LogP contribution in [0.2, 0.25) is 0 Å². The number of amides is 1. The van der Waals surface area contributed by atoms with E-state index in [-0.39, 0.29) is 34.9 Å². The van der Waals surface area contributed by atoms with Crippen molar-refractivity contribution in [1.29, 1.82) is 0 Å². The van der Waals surface area contributed by atoms with Gasteiger partial charge in [-0.15, -0.1) is 0 Å². The van der Waals surface area contributed by atoms with Gasteiger partial charge in [-0.1, -0.05) is 36.4 Å². The third-order valence-electron chi connectivity index (χ3n) is 5.33. The molecule has 5 nitrogen and oxygen atoms in total. The van der Waals surface area contributed by atoms with Crippen LogP contribution in [0.3, 0.4) is 0 Å². The summed E-state index contributed by atoms with van der Waals surface area (Å²) in [5.74, 6) is -0.776. The molecule has 0 saturated carbocycles. The Morgan fingerprint density at radius 3 is 2.50 bits per heavy atom. The minimum absolute atomic E-state index is 0.00541. The molecule has 1 aromatic heterocycles. The van der Waals surface area contributed by atoms with Gasteiger partial charge in [0.2, 0.25) is 5.76 Å². The number of benzene rings is 3. The fraction of sp³-hybridized carbons (Fsp3) is 0.0833. The summed E-state index contributed by atoms with van der Waals surface area (Å²) >= 11 is 0. The first-order valence-electron chi connectivity index (χ1n) is 9.43. The van der Waals surface area contributed by atoms with E-state index in [0.717, 1.165) is 0 Å². The lowest BCUT2D eigenvalue weighted by atomic mass is 9.98. The molecule has 6 heteroatoms. The standard InChI is InChI=1S/C24H16FNO4/c25-16-10-8-14(9-11-16)13-26-21(15-4-3-5-17(27)12-15)20-22(28)18-6-1-2-7-19(18)30-23(20)24(26)29/h1-12,21,27H,13H2/t21-/m1/s1. The van der Waals surface area contributed by atoms with Crippen molar-refractivity contribution in [1.82, 2.24) is 4.90 Å². The van der Waals surface area contributed by atoms with E-state index in [1.54, 1.807) is 48.5 Å². The van der Waals surface area contributed by atoms with Crippen molar-refractivity contribution in [3.63, 3.8) is 0 Å². The molecule has 5 rings (SSSR count). The smallest absolute Gasteiger partial charge is 0.291 e. The van der Waals surface area contributed by atoms with Crippen LogP contribution in [0.5, 0.6) is 5.75 Å². The second-order valence-corrected chi connectivity index (χ2v) is 7.23. The number of aromatic hydroxyl groups is 1. The lowest BCUT2D eigenvalue weighted by molar-refractivity contribution is 0.0714. The zero-order valence-corrected chi connectivity index (χ0v) is 15.7. The fourth-order valence-corrected chi connectivity index (χ4v) is 3.96. The quantitative estimate of drug-likeness (QED) is 0.553. The van der Waals surface area contributed by atoms with Crippen molar-refractivity contribution in [2.24, 2.45) is 0 Å². The van der Waals surface area contributed by atoms with Crippen LogP contribution in [0.15, 0.2) is 82.0 Å². The van der Waals surface area contributed by atoms with Crippen LogP contribution in [0.1, 0.15) is 33.3 Å². The molecule has 0 saturated heterocycles. The number of nitrogens with zero attached hydrogens (tertiary/aromatic N) is 1. The van der Waals surface area contributed by atoms with Gasteiger partial charge >= 0.3 is 0 Å². The van der Waals surface area contributed by atoms with Gasteiger partial charge in [-0.3, -0.25) is 9.59 Å². The molecule has 148 valence electrons. The lowest BCUT2D eigenvalue weighted by Crippen LogP contribution is -2.29. The fourth-order valence-electron chi connectivity index (χ4n) is 3.96. The monoisotopic (exact) mass is 401 g/mol. The van der Waals surface area contributed by atoms with Crippen LogP contribution in [-0.2, 0) is 6.54 Å². The molecule has 0 bridgehead atoms. The molecule has 3 aromatic carbocycles. The number of hydrogen-bond donors (Lipinski definition) is 1. The van der Waals surface area contributed by atoms with Crippen LogP contribution in [0, 0.1) is 5.82 Å². The first-order valence-corrected chi connectivity index (χ1v) is 9.43. The lowest BCUT2D eigenvalue weighted by Gasteiger charge is -2.25. The number of hydrogen-bond acceptors (Lipinski definition) is 4. The van der Waals surface area contributed by atoms with Crippen molar-refractivity contribution < 1.29 is 18.7 Å². The average Bonchev–Trinajstić information content (AvgIpc) is 3.02. The van der Waals surface area contributed by atoms with Gasteiger partial charge in [0.25, 0.3) is 5.91 Å². The van der Waals surface area contributed by atoms with Crippen LogP contribution in [0.25, 0.3) is 11.0 Å². The van der Waals surface area contributed by atoms with E-state index in [1.807, 2.05) is 0 Å². The zero-order valence-electron chi connectivity index (χ0n) is 15.7. The summed E-state index contributed by atoms with van der Waals surface area (Å²) in [5, 5.41) is 10.4. The van der Waals surface area contributed by atoms with Gasteiger partial charge < -0.3 is 14.4 Å². The van der Waals surface area contributed by atoms with Gasteiger partial charge in [0, 0.05) is 6.54 Å². The number of carbonyl (C=O) groups excluding carboxylic acids is 1. The molecule has 1 amide bonds. The van der Waals surface area contributed by atoms with E-state index in [4.69, 9.17) is 4.42 Å². The Labute approximate surface area is 170 Å². The number of rotatable bonds is 3. The Hall–Kier alpha value is -3.93. The van der Waals surface area contributed by atoms with Gasteiger partial charge in [-0.25, -0.2) is 4.39 Å². The maximum atomic E-state index is 13.3. The highest BCUT2D eigenvalue weighted by molar-refractivity contribution is 5.99. The molecule has 1 aliphatic rings. The van der Waals surface area contributed by atoms with Crippen LogP contribution in [0.4, 0.5) is 4.39 Å². The molecule has 2 heterocycles. The number of fused-ring (bicyclic) bond motifs is 2. The normalized spacial score (nSPS) is 15.6. The summed E-state index contributed by atoms with van der Waals surface area (Å²) in [5.41, 5.74) is 1.60. The van der Waals surface area contributed by atoms with Gasteiger partial charge in [-0.05, 0) is 47.5 Å². The largest absolute Gasteiger partial charge is 0.508 e. The third-order valence-corrected chi connectivity index (χ3v) is 5.33. The number of carbonyl (C=O) groups is 1. The zero-order chi connectivity index (χ0) is 20.8. The molecule has 30 heavy (non-hydrogen) atoms. The Balaban J connectivity index is 1.72. The molecular weight excluding hydrogens is 385 g/mol. The second kappa shape index (κ2) is 6.84. The first-order chi connectivity index (χ1) is 14.5. The molecule has 1 atom stereocenters. The van der Waals surface area contributed by atoms with Crippen molar-refractivity contribution in [3.8, 4) is 5.75 Å². The Bertz CT molecular complexity index is 1340. The summed E-state index contributed by atoms with van der Waals surface area (Å²) in [6, 6.07) is 18.3. The molecule has 1 aliphatic heterocycles. The number of para-hydroxylation sites is 1. The Morgan fingerprint density at radius 2 is 1.73 bits per heavy atom. The van der Waals surface area contributed by atoms with E-state index in [1.165, 1.54) is 29.2 Å². The van der Waals surface area contributed by atoms with E-state index >= 15 is 0 Å². The average molecular weight is 401 g/mol. The van der Waals surface area contributed by atoms with Gasteiger partial charge in [0.1, 0.15) is 17.1 Å². The minimum Gasteiger partial charge on any atom is -0.508 e. The van der Waals surface area contributed by atoms with E-state index in [9.17, 15) is 19.1 Å². The van der Waals surface area contributed by atoms with E-state index in [0.29, 0.717) is 22.1 Å². The maximum Gasteiger partial charge on any atom is 0.291 e. The van der Waals surface area contributed by atoms with Gasteiger partial charge in [0.05, 0.1) is 17.0 Å². The second-order valence-electron chi connectivity index (χ2n) is 7.23. The molecule has 0 unspecified atom stereocenters. The molecular formula is C24H16FNO4. The highest BCUT2D eigenvalue weighted by Gasteiger charge is 2.42. The van der Waals surface area contributed by atoms with E-state index in [2.05, 4.69) is 0 Å². The Kier molecular flexibility index (Phi) is 4.13. The maximum absolute atomic E-state index is 13.3. The van der Waals surface area contributed by atoms with Gasteiger partial charge in [-0.2, -0.15) is 0 Å². The summed E-state index contributed by atoms with van der Waals surface area (Å²) in [7, 11) is 0. The van der Waals surface area contributed by atoms with E-state index < -0.39 is 11.9 Å². The van der Waals surface area contributed by atoms with Crippen molar-refractivity contribution in [2.75, 3.05) is 0 Å². The SMILES string of the molecule is O=C1c2oc3ccccc3c(=O)c2[C@@H](c2cccc(O)c2)N1Cc1ccc(F)cc1. The number of halogens is 1. The molecule has 4 aromatic rings. The van der Waals surface area contributed by atoms with Crippen LogP contribution < -0.4 is 5.43 Å². The number of phenols is 1. The predicted octanol–water partition coefficient (Wildman–Crippen LogP) is 4.38. The third kappa shape index (κ3) is 2.85. The topological polar surface area (TPSA) is 70.8 Å². The highest BCUT2D eigenvalue weighted by Crippen LogP contribution is 2.39. The molecule has 1 N–H and O–H groups in total. The van der Waals surface area contributed by atoms with Crippen LogP contribution in [-0.4, -0.2) is 15.9 Å². The summed E-state index contributed by atoms with van der Waals surface area (Å²) in [4.78, 5) is 28.1. The molecule has 0 aliphatic carbocycles. The summed E-state index contributed by atoms with van der Waals surface area (Å²) in [6.45, 7) is 0.152. The predicted molar refractivity (Wildman–Crippen MR) is 109 cm³/mol. The number of phenolic OH excluding ortho intramolecular Hbond substituents is 1. The molecule has 0 radical (unpaired) electrons. The first kappa shape index (κ1) is 18.1. The van der Waals surface area contributed by atoms with Crippen LogP contribution >= 0.6 is 0 Å². The van der Waals surface area contributed by atoms with Crippen molar-refractivity contribution in [2.45, 2.75) is 12.6 Å². The minimum atomic E-state index is -0.731.